The molecule has 1 aliphatic rings. The molecule has 21 heavy (non-hydrogen) atoms. The SMILES string of the molecule is CC(CO)(CO)Nc1cc2c(cc1[N+](=O)[O-])NC(=O)CC2. The third kappa shape index (κ3) is 3.11. The van der Waals surface area contributed by atoms with Crippen LogP contribution in [0.5, 0.6) is 0 Å². The van der Waals surface area contributed by atoms with Crippen LogP contribution in [0.15, 0.2) is 12.1 Å². The molecule has 0 saturated heterocycles. The van der Waals surface area contributed by atoms with E-state index < -0.39 is 10.5 Å². The molecule has 8 nitrogen and oxygen atoms in total. The van der Waals surface area contributed by atoms with Crippen molar-refractivity contribution in [3.8, 4) is 0 Å². The number of hydrogen-bond acceptors (Lipinski definition) is 6. The summed E-state index contributed by atoms with van der Waals surface area (Å²) in [4.78, 5) is 22.0. The standard InChI is InChI=1S/C13H17N3O5/c1-13(6-17,7-18)15-10-4-8-2-3-12(19)14-9(8)5-11(10)16(20)21/h4-5,15,17-18H,2-3,6-7H2,1H3,(H,14,19). The Labute approximate surface area is 120 Å². The van der Waals surface area contributed by atoms with E-state index in [4.69, 9.17) is 0 Å². The first kappa shape index (κ1) is 15.2. The smallest absolute Gasteiger partial charge is 0.294 e. The topological polar surface area (TPSA) is 125 Å². The highest BCUT2D eigenvalue weighted by molar-refractivity contribution is 5.95. The summed E-state index contributed by atoms with van der Waals surface area (Å²) in [6.45, 7) is 0.793. The van der Waals surface area contributed by atoms with Crippen LogP contribution in [0.2, 0.25) is 0 Å². The van der Waals surface area contributed by atoms with Gasteiger partial charge in [0.05, 0.1) is 29.4 Å². The molecule has 0 fully saturated rings. The first-order chi connectivity index (χ1) is 9.88. The molecule has 0 bridgehead atoms. The molecule has 1 aromatic rings. The van der Waals surface area contributed by atoms with Gasteiger partial charge in [-0.3, -0.25) is 14.9 Å². The number of aliphatic hydroxyl groups excluding tert-OH is 2. The van der Waals surface area contributed by atoms with Gasteiger partial charge < -0.3 is 20.8 Å². The Morgan fingerprint density at radius 3 is 2.62 bits per heavy atom. The Morgan fingerprint density at radius 1 is 1.38 bits per heavy atom. The van der Waals surface area contributed by atoms with E-state index in [9.17, 15) is 25.1 Å². The zero-order chi connectivity index (χ0) is 15.6. The van der Waals surface area contributed by atoms with Crippen LogP contribution in [0.3, 0.4) is 0 Å². The lowest BCUT2D eigenvalue weighted by atomic mass is 9.99. The predicted molar refractivity (Wildman–Crippen MR) is 76.2 cm³/mol. The van der Waals surface area contributed by atoms with Crippen molar-refractivity contribution >= 4 is 23.0 Å². The van der Waals surface area contributed by atoms with Gasteiger partial charge in [0, 0.05) is 12.5 Å². The van der Waals surface area contributed by atoms with Gasteiger partial charge in [-0.05, 0) is 25.0 Å². The van der Waals surface area contributed by atoms with Gasteiger partial charge in [-0.15, -0.1) is 0 Å². The molecule has 0 saturated carbocycles. The van der Waals surface area contributed by atoms with Gasteiger partial charge in [0.2, 0.25) is 5.91 Å². The van der Waals surface area contributed by atoms with Crippen LogP contribution in [-0.2, 0) is 11.2 Å². The van der Waals surface area contributed by atoms with Gasteiger partial charge in [0.25, 0.3) is 5.69 Å². The number of amides is 1. The molecule has 0 spiro atoms. The van der Waals surface area contributed by atoms with Gasteiger partial charge in [-0.1, -0.05) is 0 Å². The molecule has 1 heterocycles. The van der Waals surface area contributed by atoms with Crippen molar-refractivity contribution in [3.05, 3.63) is 27.8 Å². The van der Waals surface area contributed by atoms with E-state index in [0.717, 1.165) is 5.56 Å². The second kappa shape index (κ2) is 5.66. The third-order valence-electron chi connectivity index (χ3n) is 3.45. The average molecular weight is 295 g/mol. The molecule has 114 valence electrons. The van der Waals surface area contributed by atoms with E-state index in [1.165, 1.54) is 6.07 Å². The van der Waals surface area contributed by atoms with Crippen molar-refractivity contribution in [3.63, 3.8) is 0 Å². The zero-order valence-electron chi connectivity index (χ0n) is 11.5. The molecule has 2 rings (SSSR count). The van der Waals surface area contributed by atoms with Crippen molar-refractivity contribution in [1.82, 2.24) is 0 Å². The highest BCUT2D eigenvalue weighted by Crippen LogP contribution is 2.35. The van der Waals surface area contributed by atoms with E-state index in [1.807, 2.05) is 0 Å². The summed E-state index contributed by atoms with van der Waals surface area (Å²) in [6.07, 6.45) is 0.810. The fourth-order valence-electron chi connectivity index (χ4n) is 2.12. The highest BCUT2D eigenvalue weighted by Gasteiger charge is 2.28. The number of carbonyl (C=O) groups is 1. The van der Waals surface area contributed by atoms with Crippen LogP contribution >= 0.6 is 0 Å². The van der Waals surface area contributed by atoms with Crippen molar-refractivity contribution in [2.24, 2.45) is 0 Å². The zero-order valence-corrected chi connectivity index (χ0v) is 11.5. The molecular formula is C13H17N3O5. The number of hydrogen-bond donors (Lipinski definition) is 4. The summed E-state index contributed by atoms with van der Waals surface area (Å²) >= 11 is 0. The second-order valence-corrected chi connectivity index (χ2v) is 5.33. The number of nitrogens with zero attached hydrogens (tertiary/aromatic N) is 1. The summed E-state index contributed by atoms with van der Waals surface area (Å²) in [5.41, 5.74) is 0.125. The summed E-state index contributed by atoms with van der Waals surface area (Å²) in [7, 11) is 0. The van der Waals surface area contributed by atoms with E-state index in [-0.39, 0.29) is 30.5 Å². The van der Waals surface area contributed by atoms with Crippen LogP contribution in [0.4, 0.5) is 17.1 Å². The van der Waals surface area contributed by atoms with Crippen LogP contribution in [0.25, 0.3) is 0 Å². The second-order valence-electron chi connectivity index (χ2n) is 5.33. The molecule has 0 radical (unpaired) electrons. The summed E-state index contributed by atoms with van der Waals surface area (Å²) in [5, 5.41) is 35.2. The molecule has 1 aliphatic heterocycles. The molecule has 0 atom stereocenters. The average Bonchev–Trinajstić information content (AvgIpc) is 2.46. The number of benzene rings is 1. The quantitative estimate of drug-likeness (QED) is 0.466. The minimum Gasteiger partial charge on any atom is -0.394 e. The largest absolute Gasteiger partial charge is 0.394 e. The molecule has 0 unspecified atom stereocenters. The lowest BCUT2D eigenvalue weighted by Gasteiger charge is -2.28. The summed E-state index contributed by atoms with van der Waals surface area (Å²) in [6, 6.07) is 2.88. The molecular weight excluding hydrogens is 278 g/mol. The first-order valence-electron chi connectivity index (χ1n) is 6.49. The number of nitrogens with one attached hydrogen (secondary N) is 2. The maximum absolute atomic E-state index is 11.4. The molecule has 8 heteroatoms. The van der Waals surface area contributed by atoms with Gasteiger partial charge in [-0.25, -0.2) is 0 Å². The normalized spacial score (nSPS) is 14.3. The summed E-state index contributed by atoms with van der Waals surface area (Å²) < 4.78 is 0. The molecule has 1 amide bonds. The van der Waals surface area contributed by atoms with E-state index in [2.05, 4.69) is 10.6 Å². The Balaban J connectivity index is 2.45. The number of carbonyl (C=O) groups excluding carboxylic acids is 1. The summed E-state index contributed by atoms with van der Waals surface area (Å²) in [5.74, 6) is -0.173. The minimum absolute atomic E-state index is 0.173. The third-order valence-corrected chi connectivity index (χ3v) is 3.45. The van der Waals surface area contributed by atoms with Crippen LogP contribution in [-0.4, -0.2) is 39.8 Å². The molecule has 4 N–H and O–H groups in total. The minimum atomic E-state index is -1.07. The van der Waals surface area contributed by atoms with E-state index in [0.29, 0.717) is 18.5 Å². The van der Waals surface area contributed by atoms with Crippen molar-refractivity contribution < 1.29 is 19.9 Å². The molecule has 0 aliphatic carbocycles. The number of anilines is 2. The number of aliphatic hydroxyl groups is 2. The van der Waals surface area contributed by atoms with Crippen molar-refractivity contribution in [2.45, 2.75) is 25.3 Å². The molecule has 1 aromatic carbocycles. The Bertz CT molecular complexity index is 583. The highest BCUT2D eigenvalue weighted by atomic mass is 16.6. The van der Waals surface area contributed by atoms with Crippen LogP contribution in [0, 0.1) is 10.1 Å². The van der Waals surface area contributed by atoms with E-state index in [1.54, 1.807) is 13.0 Å². The number of nitro benzene ring substituents is 1. The molecule has 0 aromatic heterocycles. The fourth-order valence-corrected chi connectivity index (χ4v) is 2.12. The van der Waals surface area contributed by atoms with Gasteiger partial charge in [0.15, 0.2) is 0 Å². The van der Waals surface area contributed by atoms with Crippen molar-refractivity contribution in [1.29, 1.82) is 0 Å². The van der Waals surface area contributed by atoms with Crippen LogP contribution in [0.1, 0.15) is 18.9 Å². The fraction of sp³-hybridized carbons (Fsp3) is 0.462. The van der Waals surface area contributed by atoms with Gasteiger partial charge >= 0.3 is 0 Å². The van der Waals surface area contributed by atoms with Crippen molar-refractivity contribution in [2.75, 3.05) is 23.8 Å². The monoisotopic (exact) mass is 295 g/mol. The Hall–Kier alpha value is -2.19. The number of nitro groups is 1. The number of rotatable bonds is 5. The van der Waals surface area contributed by atoms with E-state index >= 15 is 0 Å². The van der Waals surface area contributed by atoms with Crippen LogP contribution < -0.4 is 10.6 Å². The number of aryl methyl sites for hydroxylation is 1. The maximum Gasteiger partial charge on any atom is 0.294 e. The Kier molecular flexibility index (Phi) is 4.10. The lowest BCUT2D eigenvalue weighted by molar-refractivity contribution is -0.383. The van der Waals surface area contributed by atoms with Gasteiger partial charge in [0.1, 0.15) is 5.69 Å². The maximum atomic E-state index is 11.4. The predicted octanol–water partition coefficient (Wildman–Crippen LogP) is 0.635. The Morgan fingerprint density at radius 2 is 2.05 bits per heavy atom. The number of fused-ring (bicyclic) bond motifs is 1. The lowest BCUT2D eigenvalue weighted by Crippen LogP contribution is -2.42. The van der Waals surface area contributed by atoms with Gasteiger partial charge in [-0.2, -0.15) is 0 Å². The first-order valence-corrected chi connectivity index (χ1v) is 6.49.